The fourth-order valence-electron chi connectivity index (χ4n) is 1.22. The van der Waals surface area contributed by atoms with Crippen LogP contribution in [0.25, 0.3) is 0 Å². The van der Waals surface area contributed by atoms with Gasteiger partial charge in [0.05, 0.1) is 11.8 Å². The molecule has 0 bridgehead atoms. The maximum absolute atomic E-state index is 10.2. The zero-order chi connectivity index (χ0) is 9.46. The first-order valence-electron chi connectivity index (χ1n) is 3.13. The van der Waals surface area contributed by atoms with Gasteiger partial charge in [-0.3, -0.25) is 9.59 Å². The standard InChI is InChI=1S/C6H6O6/c7-4(8)1-2(5(9)10)3(1)6(11)12/h1-3H,(H,7,8)(H,9,10)(H,11,12)/p-1. The molecule has 0 amide bonds. The third kappa shape index (κ3) is 1.11. The van der Waals surface area contributed by atoms with Crippen molar-refractivity contribution < 1.29 is 29.7 Å². The lowest BCUT2D eigenvalue weighted by Gasteiger charge is -1.95. The Morgan fingerprint density at radius 3 is 1.33 bits per heavy atom. The maximum atomic E-state index is 10.2. The molecule has 1 saturated carbocycles. The zero-order valence-corrected chi connectivity index (χ0v) is 5.76. The molecule has 0 aromatic carbocycles. The Labute approximate surface area is 66.4 Å². The normalized spacial score (nSPS) is 32.5. The lowest BCUT2D eigenvalue weighted by Crippen LogP contribution is -2.27. The highest BCUT2D eigenvalue weighted by Crippen LogP contribution is 2.46. The van der Waals surface area contributed by atoms with Crippen LogP contribution in [-0.4, -0.2) is 28.1 Å². The molecule has 1 aliphatic carbocycles. The van der Waals surface area contributed by atoms with Gasteiger partial charge in [0, 0.05) is 11.9 Å². The summed E-state index contributed by atoms with van der Waals surface area (Å²) in [5.74, 6) is -8.46. The van der Waals surface area contributed by atoms with Crippen molar-refractivity contribution in [2.24, 2.45) is 17.8 Å². The molecule has 2 N–H and O–H groups in total. The average molecular weight is 173 g/mol. The minimum atomic E-state index is -1.62. The fraction of sp³-hybridized carbons (Fsp3) is 0.500. The Morgan fingerprint density at radius 2 is 1.25 bits per heavy atom. The van der Waals surface area contributed by atoms with Crippen LogP contribution in [0.5, 0.6) is 0 Å². The SMILES string of the molecule is O=C([O-])C1C(C(=O)O)C1C(=O)O. The molecule has 0 saturated heterocycles. The zero-order valence-electron chi connectivity index (χ0n) is 5.76. The Kier molecular flexibility index (Phi) is 1.75. The van der Waals surface area contributed by atoms with Gasteiger partial charge in [-0.15, -0.1) is 0 Å². The first-order chi connectivity index (χ1) is 5.46. The fourth-order valence-corrected chi connectivity index (χ4v) is 1.22. The summed E-state index contributed by atoms with van der Waals surface area (Å²) in [4.78, 5) is 30.6. The van der Waals surface area contributed by atoms with E-state index in [-0.39, 0.29) is 0 Å². The van der Waals surface area contributed by atoms with Gasteiger partial charge in [0.15, 0.2) is 0 Å². The van der Waals surface area contributed by atoms with Gasteiger partial charge in [0.2, 0.25) is 0 Å². The predicted octanol–water partition coefficient (Wildman–Crippen LogP) is -2.23. The highest BCUT2D eigenvalue weighted by Gasteiger charge is 2.60. The molecule has 0 aromatic rings. The summed E-state index contributed by atoms with van der Waals surface area (Å²) in [7, 11) is 0. The summed E-state index contributed by atoms with van der Waals surface area (Å²) in [6.45, 7) is 0. The second-order valence-corrected chi connectivity index (χ2v) is 2.57. The van der Waals surface area contributed by atoms with Crippen LogP contribution in [0.3, 0.4) is 0 Å². The minimum absolute atomic E-state index is 1.33. The van der Waals surface area contributed by atoms with Gasteiger partial charge in [0.25, 0.3) is 0 Å². The van der Waals surface area contributed by atoms with Gasteiger partial charge in [0.1, 0.15) is 0 Å². The van der Waals surface area contributed by atoms with E-state index < -0.39 is 35.7 Å². The van der Waals surface area contributed by atoms with Gasteiger partial charge in [-0.05, 0) is 0 Å². The van der Waals surface area contributed by atoms with Crippen LogP contribution in [-0.2, 0) is 14.4 Å². The van der Waals surface area contributed by atoms with E-state index in [2.05, 4.69) is 0 Å². The summed E-state index contributed by atoms with van der Waals surface area (Å²) < 4.78 is 0. The molecule has 6 heteroatoms. The van der Waals surface area contributed by atoms with Crippen LogP contribution in [0.2, 0.25) is 0 Å². The molecule has 1 fully saturated rings. The molecular formula is C6H5O6-. The number of hydrogen-bond donors (Lipinski definition) is 2. The number of aliphatic carboxylic acids is 3. The largest absolute Gasteiger partial charge is 0.550 e. The van der Waals surface area contributed by atoms with Crippen molar-refractivity contribution in [2.75, 3.05) is 0 Å². The number of carbonyl (C=O) groups is 3. The molecule has 0 heterocycles. The molecule has 1 aliphatic rings. The molecule has 12 heavy (non-hydrogen) atoms. The Hall–Kier alpha value is -1.59. The van der Waals surface area contributed by atoms with Crippen LogP contribution < -0.4 is 5.11 Å². The highest BCUT2D eigenvalue weighted by atomic mass is 16.4. The van der Waals surface area contributed by atoms with Gasteiger partial charge >= 0.3 is 11.9 Å². The number of hydrogen-bond acceptors (Lipinski definition) is 4. The van der Waals surface area contributed by atoms with Crippen LogP contribution in [0.1, 0.15) is 0 Å². The van der Waals surface area contributed by atoms with Crippen molar-refractivity contribution in [3.05, 3.63) is 0 Å². The summed E-state index contributed by atoms with van der Waals surface area (Å²) in [6, 6.07) is 0. The third-order valence-electron chi connectivity index (χ3n) is 1.86. The van der Waals surface area contributed by atoms with Crippen molar-refractivity contribution >= 4 is 17.9 Å². The molecule has 0 aliphatic heterocycles. The summed E-state index contributed by atoms with van der Waals surface area (Å²) >= 11 is 0. The lowest BCUT2D eigenvalue weighted by atomic mass is 10.3. The monoisotopic (exact) mass is 173 g/mol. The van der Waals surface area contributed by atoms with E-state index in [0.29, 0.717) is 0 Å². The minimum Gasteiger partial charge on any atom is -0.550 e. The second-order valence-electron chi connectivity index (χ2n) is 2.57. The van der Waals surface area contributed by atoms with Crippen molar-refractivity contribution in [1.82, 2.24) is 0 Å². The van der Waals surface area contributed by atoms with Crippen LogP contribution >= 0.6 is 0 Å². The third-order valence-corrected chi connectivity index (χ3v) is 1.86. The van der Waals surface area contributed by atoms with E-state index in [4.69, 9.17) is 10.2 Å². The van der Waals surface area contributed by atoms with Crippen molar-refractivity contribution in [3.8, 4) is 0 Å². The first kappa shape index (κ1) is 8.51. The van der Waals surface area contributed by atoms with Crippen molar-refractivity contribution in [2.45, 2.75) is 0 Å². The predicted molar refractivity (Wildman–Crippen MR) is 30.7 cm³/mol. The first-order valence-corrected chi connectivity index (χ1v) is 3.13. The van der Waals surface area contributed by atoms with Crippen molar-refractivity contribution in [1.29, 1.82) is 0 Å². The molecule has 2 atom stereocenters. The highest BCUT2D eigenvalue weighted by molar-refractivity contribution is 5.95. The molecule has 0 spiro atoms. The molecule has 6 nitrogen and oxygen atoms in total. The van der Waals surface area contributed by atoms with E-state index in [1.165, 1.54) is 0 Å². The summed E-state index contributed by atoms with van der Waals surface area (Å²) in [6.07, 6.45) is 0. The molecular weight excluding hydrogens is 168 g/mol. The lowest BCUT2D eigenvalue weighted by molar-refractivity contribution is -0.308. The van der Waals surface area contributed by atoms with E-state index in [1.54, 1.807) is 0 Å². The number of carboxylic acid groups (broad SMARTS) is 3. The van der Waals surface area contributed by atoms with E-state index >= 15 is 0 Å². The van der Waals surface area contributed by atoms with E-state index in [9.17, 15) is 19.5 Å². The smallest absolute Gasteiger partial charge is 0.308 e. The summed E-state index contributed by atoms with van der Waals surface area (Å²) in [5, 5.41) is 26.8. The Bertz CT molecular complexity index is 208. The van der Waals surface area contributed by atoms with Crippen molar-refractivity contribution in [3.63, 3.8) is 0 Å². The van der Waals surface area contributed by atoms with Gasteiger partial charge in [-0.2, -0.15) is 0 Å². The van der Waals surface area contributed by atoms with Crippen LogP contribution in [0.15, 0.2) is 0 Å². The van der Waals surface area contributed by atoms with Gasteiger partial charge in [-0.1, -0.05) is 0 Å². The molecule has 2 unspecified atom stereocenters. The van der Waals surface area contributed by atoms with Crippen LogP contribution in [0.4, 0.5) is 0 Å². The van der Waals surface area contributed by atoms with Crippen LogP contribution in [0, 0.1) is 17.8 Å². The molecule has 0 aromatic heterocycles. The van der Waals surface area contributed by atoms with E-state index in [1.807, 2.05) is 0 Å². The topological polar surface area (TPSA) is 115 Å². The Balaban J connectivity index is 2.74. The van der Waals surface area contributed by atoms with Gasteiger partial charge < -0.3 is 20.1 Å². The number of rotatable bonds is 3. The second kappa shape index (κ2) is 2.47. The Morgan fingerprint density at radius 1 is 0.917 bits per heavy atom. The number of carboxylic acids is 3. The quantitative estimate of drug-likeness (QED) is 0.499. The van der Waals surface area contributed by atoms with Gasteiger partial charge in [-0.25, -0.2) is 0 Å². The number of carbonyl (C=O) groups excluding carboxylic acids is 1. The van der Waals surface area contributed by atoms with E-state index in [0.717, 1.165) is 0 Å². The summed E-state index contributed by atoms with van der Waals surface area (Å²) in [5.41, 5.74) is 0. The molecule has 1 rings (SSSR count). The molecule has 66 valence electrons. The average Bonchev–Trinajstić information content (AvgIpc) is 2.58. The maximum Gasteiger partial charge on any atom is 0.308 e. The molecule has 0 radical (unpaired) electrons.